The summed E-state index contributed by atoms with van der Waals surface area (Å²) < 4.78 is 17.4. The molecule has 0 aliphatic heterocycles. The van der Waals surface area contributed by atoms with Crippen LogP contribution in [0.25, 0.3) is 11.5 Å². The van der Waals surface area contributed by atoms with Crippen LogP contribution < -0.4 is 4.74 Å². The van der Waals surface area contributed by atoms with Crippen molar-refractivity contribution in [3.63, 3.8) is 0 Å². The number of hydrogen-bond donors (Lipinski definition) is 0. The molecule has 5 nitrogen and oxygen atoms in total. The van der Waals surface area contributed by atoms with Gasteiger partial charge >= 0.3 is 5.97 Å². The van der Waals surface area contributed by atoms with Gasteiger partial charge in [0.15, 0.2) is 0 Å². The third-order valence-electron chi connectivity index (χ3n) is 5.15. The Morgan fingerprint density at radius 1 is 1.21 bits per heavy atom. The Balaban J connectivity index is 1.42. The molecule has 0 N–H and O–H groups in total. The summed E-state index contributed by atoms with van der Waals surface area (Å²) in [6.45, 7) is 4.22. The fraction of sp³-hybridized carbons (Fsp3) is 0.333. The number of fused-ring (bicyclic) bond motifs is 1. The Morgan fingerprint density at radius 3 is 2.83 bits per heavy atom. The average molecular weight is 391 g/mol. The van der Waals surface area contributed by atoms with Gasteiger partial charge in [-0.1, -0.05) is 31.2 Å². The minimum Gasteiger partial charge on any atom is -0.487 e. The second-order valence-corrected chi connectivity index (χ2v) is 7.30. The van der Waals surface area contributed by atoms with Crippen LogP contribution in [0, 0.1) is 6.92 Å². The molecule has 1 aliphatic carbocycles. The minimum absolute atomic E-state index is 0.124. The van der Waals surface area contributed by atoms with Crippen molar-refractivity contribution in [1.82, 2.24) is 4.98 Å². The predicted octanol–water partition coefficient (Wildman–Crippen LogP) is 5.56. The van der Waals surface area contributed by atoms with E-state index >= 15 is 0 Å². The van der Waals surface area contributed by atoms with Crippen LogP contribution in [-0.2, 0) is 22.6 Å². The number of hydrogen-bond acceptors (Lipinski definition) is 5. The fourth-order valence-corrected chi connectivity index (χ4v) is 3.61. The lowest BCUT2D eigenvalue weighted by molar-refractivity contribution is -0.149. The summed E-state index contributed by atoms with van der Waals surface area (Å²) in [7, 11) is 0. The Morgan fingerprint density at radius 2 is 2.03 bits per heavy atom. The summed E-state index contributed by atoms with van der Waals surface area (Å²) in [5.74, 6) is 2.02. The average Bonchev–Trinajstić information content (AvgIpc) is 3.30. The molecule has 0 saturated carbocycles. The Hall–Kier alpha value is -3.08. The molecule has 2 aromatic carbocycles. The highest BCUT2D eigenvalue weighted by molar-refractivity contribution is 5.69. The summed E-state index contributed by atoms with van der Waals surface area (Å²) in [5.41, 5.74) is 4.00. The van der Waals surface area contributed by atoms with Gasteiger partial charge in [0.2, 0.25) is 5.89 Å². The molecule has 1 heterocycles. The molecule has 1 aromatic heterocycles. The van der Waals surface area contributed by atoms with Crippen molar-refractivity contribution in [3.8, 4) is 17.2 Å². The van der Waals surface area contributed by atoms with Crippen molar-refractivity contribution in [1.29, 1.82) is 0 Å². The second kappa shape index (κ2) is 8.52. The van der Waals surface area contributed by atoms with Crippen molar-refractivity contribution in [2.75, 3.05) is 0 Å². The first kappa shape index (κ1) is 19.2. The summed E-state index contributed by atoms with van der Waals surface area (Å²) in [4.78, 5) is 16.4. The van der Waals surface area contributed by atoms with Crippen molar-refractivity contribution in [2.45, 2.75) is 52.2 Å². The van der Waals surface area contributed by atoms with Crippen molar-refractivity contribution in [2.24, 2.45) is 0 Å². The number of ether oxygens (including phenoxy) is 2. The first-order chi connectivity index (χ1) is 14.1. The number of nitrogens with zero attached hydrogens (tertiary/aromatic N) is 1. The zero-order chi connectivity index (χ0) is 20.2. The van der Waals surface area contributed by atoms with Crippen molar-refractivity contribution in [3.05, 3.63) is 71.1 Å². The molecule has 0 fully saturated rings. The van der Waals surface area contributed by atoms with Crippen LogP contribution in [0.5, 0.6) is 5.75 Å². The van der Waals surface area contributed by atoms with Crippen LogP contribution >= 0.6 is 0 Å². The fourth-order valence-electron chi connectivity index (χ4n) is 3.61. The van der Waals surface area contributed by atoms with Gasteiger partial charge in [-0.25, -0.2) is 4.98 Å². The van der Waals surface area contributed by atoms with Crippen molar-refractivity contribution >= 4 is 5.97 Å². The molecule has 0 bridgehead atoms. The maximum absolute atomic E-state index is 11.8. The van der Waals surface area contributed by atoms with Gasteiger partial charge in [0.05, 0.1) is 0 Å². The third kappa shape index (κ3) is 4.34. The van der Waals surface area contributed by atoms with Gasteiger partial charge in [-0.3, -0.25) is 4.79 Å². The molecular weight excluding hydrogens is 366 g/mol. The molecule has 5 heteroatoms. The monoisotopic (exact) mass is 391 g/mol. The molecule has 3 aromatic rings. The lowest BCUT2D eigenvalue weighted by Crippen LogP contribution is -2.08. The van der Waals surface area contributed by atoms with E-state index in [2.05, 4.69) is 4.98 Å². The number of carbonyl (C=O) groups is 1. The zero-order valence-electron chi connectivity index (χ0n) is 16.8. The largest absolute Gasteiger partial charge is 0.487 e. The van der Waals surface area contributed by atoms with E-state index in [-0.39, 0.29) is 12.1 Å². The predicted molar refractivity (Wildman–Crippen MR) is 110 cm³/mol. The standard InChI is InChI=1S/C24H25NO4/c1-3-7-23(26)29-22-13-10-18-14-19(11-12-20(18)22)27-15-21-16(2)28-24(25-21)17-8-5-4-6-9-17/h4-6,8-9,11-12,14,22H,3,7,10,13,15H2,1-2H3/t22-/m0/s1. The Bertz CT molecular complexity index is 993. The van der Waals surface area contributed by atoms with E-state index in [1.165, 1.54) is 5.56 Å². The van der Waals surface area contributed by atoms with Crippen LogP contribution in [0.4, 0.5) is 0 Å². The topological polar surface area (TPSA) is 61.6 Å². The molecular formula is C24H25NO4. The lowest BCUT2D eigenvalue weighted by Gasteiger charge is -2.13. The number of benzene rings is 2. The molecule has 150 valence electrons. The number of esters is 1. The molecule has 1 atom stereocenters. The minimum atomic E-state index is -0.135. The van der Waals surface area contributed by atoms with E-state index in [1.54, 1.807) is 0 Å². The molecule has 0 unspecified atom stereocenters. The highest BCUT2D eigenvalue weighted by atomic mass is 16.5. The normalized spacial score (nSPS) is 15.2. The van der Waals surface area contributed by atoms with Gasteiger partial charge in [0.25, 0.3) is 0 Å². The van der Waals surface area contributed by atoms with E-state index in [9.17, 15) is 4.79 Å². The second-order valence-electron chi connectivity index (χ2n) is 7.30. The molecule has 0 spiro atoms. The SMILES string of the molecule is CCCC(=O)O[C@H]1CCc2cc(OCc3nc(-c4ccccc4)oc3C)ccc21. The molecule has 0 amide bonds. The zero-order valence-corrected chi connectivity index (χ0v) is 16.8. The van der Waals surface area contributed by atoms with Crippen LogP contribution in [0.15, 0.2) is 52.9 Å². The summed E-state index contributed by atoms with van der Waals surface area (Å²) in [5, 5.41) is 0. The first-order valence-electron chi connectivity index (χ1n) is 10.1. The number of oxazole rings is 1. The lowest BCUT2D eigenvalue weighted by atomic mass is 10.1. The van der Waals surface area contributed by atoms with E-state index < -0.39 is 0 Å². The molecule has 29 heavy (non-hydrogen) atoms. The number of aromatic nitrogens is 1. The van der Waals surface area contributed by atoms with Crippen LogP contribution in [0.2, 0.25) is 0 Å². The molecule has 0 saturated heterocycles. The summed E-state index contributed by atoms with van der Waals surface area (Å²) >= 11 is 0. The van der Waals surface area contributed by atoms with Crippen LogP contribution in [0.3, 0.4) is 0 Å². The number of aryl methyl sites for hydroxylation is 2. The van der Waals surface area contributed by atoms with Gasteiger partial charge < -0.3 is 13.9 Å². The van der Waals surface area contributed by atoms with Gasteiger partial charge in [-0.2, -0.15) is 0 Å². The Kier molecular flexibility index (Phi) is 5.65. The van der Waals surface area contributed by atoms with Gasteiger partial charge in [-0.15, -0.1) is 0 Å². The highest BCUT2D eigenvalue weighted by Crippen LogP contribution is 2.36. The van der Waals surface area contributed by atoms with E-state index in [0.717, 1.165) is 47.6 Å². The number of rotatable bonds is 7. The van der Waals surface area contributed by atoms with E-state index in [0.29, 0.717) is 18.9 Å². The highest BCUT2D eigenvalue weighted by Gasteiger charge is 2.26. The third-order valence-corrected chi connectivity index (χ3v) is 5.15. The summed E-state index contributed by atoms with van der Waals surface area (Å²) in [6.07, 6.45) is 2.85. The number of carbonyl (C=O) groups excluding carboxylic acids is 1. The van der Waals surface area contributed by atoms with E-state index in [1.807, 2.05) is 62.4 Å². The van der Waals surface area contributed by atoms with Gasteiger partial charge in [0, 0.05) is 12.0 Å². The van der Waals surface area contributed by atoms with Gasteiger partial charge in [0.1, 0.15) is 29.9 Å². The smallest absolute Gasteiger partial charge is 0.306 e. The molecule has 0 radical (unpaired) electrons. The van der Waals surface area contributed by atoms with Gasteiger partial charge in [-0.05, 0) is 61.6 Å². The van der Waals surface area contributed by atoms with E-state index in [4.69, 9.17) is 13.9 Å². The molecule has 4 rings (SSSR count). The van der Waals surface area contributed by atoms with Crippen LogP contribution in [0.1, 0.15) is 54.9 Å². The maximum Gasteiger partial charge on any atom is 0.306 e. The quantitative estimate of drug-likeness (QED) is 0.494. The molecule has 1 aliphatic rings. The summed E-state index contributed by atoms with van der Waals surface area (Å²) in [6, 6.07) is 15.8. The first-order valence-corrected chi connectivity index (χ1v) is 10.1. The van der Waals surface area contributed by atoms with Crippen LogP contribution in [-0.4, -0.2) is 11.0 Å². The Labute approximate surface area is 170 Å². The van der Waals surface area contributed by atoms with Crippen molar-refractivity contribution < 1.29 is 18.7 Å². The maximum atomic E-state index is 11.8.